The first kappa shape index (κ1) is 20.6. The van der Waals surface area contributed by atoms with Crippen LogP contribution < -0.4 is 5.32 Å². The second-order valence-electron chi connectivity index (χ2n) is 8.14. The number of H-pyrrole nitrogens is 1. The number of nitrogens with one attached hydrogen (secondary N) is 2. The number of fused-ring (bicyclic) bond motifs is 1. The highest BCUT2D eigenvalue weighted by Gasteiger charge is 2.31. The maximum Gasteiger partial charge on any atom is 0.219 e. The second kappa shape index (κ2) is 8.58. The van der Waals surface area contributed by atoms with E-state index in [0.29, 0.717) is 17.5 Å². The Hall–Kier alpha value is -2.70. The van der Waals surface area contributed by atoms with E-state index in [-0.39, 0.29) is 23.8 Å². The lowest BCUT2D eigenvalue weighted by molar-refractivity contribution is -0.121. The van der Waals surface area contributed by atoms with Gasteiger partial charge in [0.25, 0.3) is 0 Å². The Morgan fingerprint density at radius 3 is 2.87 bits per heavy atom. The van der Waals surface area contributed by atoms with Crippen molar-refractivity contribution < 1.29 is 14.3 Å². The fourth-order valence-electron chi connectivity index (χ4n) is 4.37. The predicted octanol–water partition coefficient (Wildman–Crippen LogP) is 4.34. The summed E-state index contributed by atoms with van der Waals surface area (Å²) in [6.45, 7) is 1.84. The van der Waals surface area contributed by atoms with E-state index in [4.69, 9.17) is 0 Å². The lowest BCUT2D eigenvalue weighted by atomic mass is 10.0. The average molecular weight is 410 g/mol. The minimum Gasteiger partial charge on any atom is -0.374 e. The van der Waals surface area contributed by atoms with Gasteiger partial charge in [-0.05, 0) is 67.1 Å². The van der Waals surface area contributed by atoms with Gasteiger partial charge < -0.3 is 15.4 Å². The molecular weight excluding hydrogens is 381 g/mol. The number of aromatic nitrogens is 1. The Labute approximate surface area is 175 Å². The summed E-state index contributed by atoms with van der Waals surface area (Å²) in [7, 11) is 1.85. The van der Waals surface area contributed by atoms with E-state index in [2.05, 4.69) is 10.3 Å². The number of hydrogen-bond acceptors (Lipinski definition) is 3. The second-order valence-corrected chi connectivity index (χ2v) is 8.14. The molecule has 2 aromatic carbocycles. The first-order valence-corrected chi connectivity index (χ1v) is 10.5. The Kier molecular flexibility index (Phi) is 5.88. The highest BCUT2D eigenvalue weighted by Crippen LogP contribution is 2.32. The van der Waals surface area contributed by atoms with Gasteiger partial charge >= 0.3 is 0 Å². The number of nitrogens with zero attached hydrogens (tertiary/aromatic N) is 1. The van der Waals surface area contributed by atoms with Gasteiger partial charge in [0, 0.05) is 35.8 Å². The van der Waals surface area contributed by atoms with Gasteiger partial charge in [0.1, 0.15) is 12.0 Å². The Bertz CT molecular complexity index is 1050. The van der Waals surface area contributed by atoms with Crippen LogP contribution in [0.25, 0.3) is 22.0 Å². The van der Waals surface area contributed by atoms with Gasteiger partial charge in [-0.25, -0.2) is 4.39 Å². The van der Waals surface area contributed by atoms with E-state index in [1.54, 1.807) is 12.1 Å². The van der Waals surface area contributed by atoms with Gasteiger partial charge in [-0.2, -0.15) is 0 Å². The molecule has 3 N–H and O–H groups in total. The lowest BCUT2D eigenvalue weighted by Gasteiger charge is -2.30. The molecule has 1 aliphatic rings. The molecule has 0 aliphatic heterocycles. The van der Waals surface area contributed by atoms with Gasteiger partial charge in [0.05, 0.1) is 0 Å². The van der Waals surface area contributed by atoms with Crippen LogP contribution in [0, 0.1) is 5.82 Å². The monoisotopic (exact) mass is 409 g/mol. The van der Waals surface area contributed by atoms with Gasteiger partial charge in [-0.1, -0.05) is 25.1 Å². The normalized spacial score (nSPS) is 20.0. The van der Waals surface area contributed by atoms with Crippen LogP contribution >= 0.6 is 0 Å². The zero-order valence-electron chi connectivity index (χ0n) is 17.4. The highest BCUT2D eigenvalue weighted by molar-refractivity contribution is 5.85. The first-order chi connectivity index (χ1) is 14.5. The fourth-order valence-corrected chi connectivity index (χ4v) is 4.37. The van der Waals surface area contributed by atoms with Crippen LogP contribution in [0.4, 0.5) is 4.39 Å². The smallest absolute Gasteiger partial charge is 0.219 e. The molecular formula is C24H28FN3O2. The summed E-state index contributed by atoms with van der Waals surface area (Å²) < 4.78 is 14.9. The minimum atomic E-state index is -0.897. The number of halogens is 1. The van der Waals surface area contributed by atoms with Crippen molar-refractivity contribution in [3.63, 3.8) is 0 Å². The zero-order valence-corrected chi connectivity index (χ0v) is 17.4. The Morgan fingerprint density at radius 1 is 1.27 bits per heavy atom. The molecule has 1 amide bonds. The van der Waals surface area contributed by atoms with Crippen molar-refractivity contribution in [3.05, 3.63) is 60.0 Å². The van der Waals surface area contributed by atoms with Crippen molar-refractivity contribution in [1.29, 1.82) is 0 Å². The molecule has 0 radical (unpaired) electrons. The SMILES string of the molecule is CCC(=O)N[C@H]1CC[C@@H](N(C)C(O)c2ccc(-c3ccc4[nH]ccc4c3)c(F)c2)C1. The van der Waals surface area contributed by atoms with Crippen LogP contribution in [0.3, 0.4) is 0 Å². The molecule has 3 aromatic rings. The van der Waals surface area contributed by atoms with Gasteiger partial charge in [-0.3, -0.25) is 9.69 Å². The maximum absolute atomic E-state index is 14.9. The molecule has 1 fully saturated rings. The number of hydrogen-bond donors (Lipinski definition) is 3. The fraction of sp³-hybridized carbons (Fsp3) is 0.375. The molecule has 6 heteroatoms. The summed E-state index contributed by atoms with van der Waals surface area (Å²) >= 11 is 0. The molecule has 3 atom stereocenters. The summed E-state index contributed by atoms with van der Waals surface area (Å²) in [4.78, 5) is 16.6. The molecule has 5 nitrogen and oxygen atoms in total. The largest absolute Gasteiger partial charge is 0.374 e. The minimum absolute atomic E-state index is 0.0549. The number of carbonyl (C=O) groups is 1. The van der Waals surface area contributed by atoms with E-state index in [1.807, 2.05) is 49.3 Å². The summed E-state index contributed by atoms with van der Waals surface area (Å²) in [6, 6.07) is 13.0. The van der Waals surface area contributed by atoms with Crippen molar-refractivity contribution in [1.82, 2.24) is 15.2 Å². The van der Waals surface area contributed by atoms with Crippen molar-refractivity contribution in [2.75, 3.05) is 7.05 Å². The Morgan fingerprint density at radius 2 is 2.10 bits per heavy atom. The van der Waals surface area contributed by atoms with Crippen LogP contribution in [0.2, 0.25) is 0 Å². The number of carbonyl (C=O) groups excluding carboxylic acids is 1. The van der Waals surface area contributed by atoms with Crippen molar-refractivity contribution in [3.8, 4) is 11.1 Å². The first-order valence-electron chi connectivity index (χ1n) is 10.5. The molecule has 1 heterocycles. The highest BCUT2D eigenvalue weighted by atomic mass is 19.1. The van der Waals surface area contributed by atoms with E-state index < -0.39 is 6.23 Å². The van der Waals surface area contributed by atoms with Gasteiger partial charge in [0.2, 0.25) is 5.91 Å². The quantitative estimate of drug-likeness (QED) is 0.531. The van der Waals surface area contributed by atoms with E-state index in [1.165, 1.54) is 6.07 Å². The number of amides is 1. The number of aliphatic hydroxyl groups excluding tert-OH is 1. The molecule has 4 rings (SSSR count). The molecule has 0 bridgehead atoms. The van der Waals surface area contributed by atoms with Crippen LogP contribution in [-0.4, -0.2) is 40.0 Å². The third-order valence-electron chi connectivity index (χ3n) is 6.21. The topological polar surface area (TPSA) is 68.4 Å². The maximum atomic E-state index is 14.9. The molecule has 1 saturated carbocycles. The average Bonchev–Trinajstić information content (AvgIpc) is 3.41. The van der Waals surface area contributed by atoms with E-state index >= 15 is 0 Å². The van der Waals surface area contributed by atoms with Gasteiger partial charge in [-0.15, -0.1) is 0 Å². The number of rotatable bonds is 6. The standard InChI is InChI=1S/C24H28FN3O2/c1-3-23(29)27-18-6-7-19(14-18)28(2)24(30)17-4-8-20(21(25)13-17)15-5-9-22-16(12-15)10-11-26-22/h4-5,8-13,18-19,24,26,30H,3,6-7,14H2,1-2H3,(H,27,29)/t18-,19+,24?/m0/s1. The summed E-state index contributed by atoms with van der Waals surface area (Å²) in [6.07, 6.45) is 4.01. The third kappa shape index (κ3) is 4.11. The predicted molar refractivity (Wildman–Crippen MR) is 116 cm³/mol. The number of benzene rings is 2. The number of aromatic amines is 1. The van der Waals surface area contributed by atoms with Crippen LogP contribution in [0.5, 0.6) is 0 Å². The molecule has 0 spiro atoms. The van der Waals surface area contributed by atoms with Gasteiger partial charge in [0.15, 0.2) is 0 Å². The van der Waals surface area contributed by atoms with Crippen LogP contribution in [-0.2, 0) is 4.79 Å². The Balaban J connectivity index is 1.47. The van der Waals surface area contributed by atoms with Crippen molar-refractivity contribution in [2.45, 2.75) is 50.9 Å². The third-order valence-corrected chi connectivity index (χ3v) is 6.21. The van der Waals surface area contributed by atoms with Crippen LogP contribution in [0.1, 0.15) is 44.4 Å². The van der Waals surface area contributed by atoms with Crippen LogP contribution in [0.15, 0.2) is 48.7 Å². The number of aliphatic hydroxyl groups is 1. The molecule has 1 aliphatic carbocycles. The van der Waals surface area contributed by atoms with E-state index in [0.717, 1.165) is 35.7 Å². The summed E-state index contributed by atoms with van der Waals surface area (Å²) in [5.41, 5.74) is 2.86. The zero-order chi connectivity index (χ0) is 21.3. The lowest BCUT2D eigenvalue weighted by Crippen LogP contribution is -2.37. The van der Waals surface area contributed by atoms with E-state index in [9.17, 15) is 14.3 Å². The molecule has 30 heavy (non-hydrogen) atoms. The molecule has 1 unspecified atom stereocenters. The summed E-state index contributed by atoms with van der Waals surface area (Å²) in [5.74, 6) is -0.298. The molecule has 0 saturated heterocycles. The summed E-state index contributed by atoms with van der Waals surface area (Å²) in [5, 5.41) is 14.9. The van der Waals surface area contributed by atoms with Crippen molar-refractivity contribution in [2.24, 2.45) is 0 Å². The molecule has 158 valence electrons. The molecule has 1 aromatic heterocycles. The van der Waals surface area contributed by atoms with Crippen molar-refractivity contribution >= 4 is 16.8 Å².